The first-order chi connectivity index (χ1) is 9.07. The second-order valence-corrected chi connectivity index (χ2v) is 5.08. The van der Waals surface area contributed by atoms with E-state index in [2.05, 4.69) is 10.6 Å². The topological polar surface area (TPSA) is 61.4 Å². The fourth-order valence-electron chi connectivity index (χ4n) is 2.19. The number of anilines is 1. The van der Waals surface area contributed by atoms with Gasteiger partial charge in [-0.05, 0) is 43.9 Å². The van der Waals surface area contributed by atoms with E-state index in [1.54, 1.807) is 6.08 Å². The SMILES string of the molecule is Cc1cccc(NC(=O)NCC2(O)C=CCCC2)c1. The molecule has 0 radical (unpaired) electrons. The highest BCUT2D eigenvalue weighted by Gasteiger charge is 2.25. The van der Waals surface area contributed by atoms with Gasteiger partial charge in [0, 0.05) is 5.69 Å². The standard InChI is InChI=1S/C15H20N2O2/c1-12-6-5-7-13(10-12)17-14(18)16-11-15(19)8-3-2-4-9-15/h3,5-8,10,19H,2,4,9,11H2,1H3,(H2,16,17,18). The average molecular weight is 260 g/mol. The molecule has 1 unspecified atom stereocenters. The van der Waals surface area contributed by atoms with Crippen LogP contribution in [0.25, 0.3) is 0 Å². The molecule has 1 atom stereocenters. The van der Waals surface area contributed by atoms with Crippen LogP contribution in [0.3, 0.4) is 0 Å². The summed E-state index contributed by atoms with van der Waals surface area (Å²) in [5.41, 5.74) is 0.942. The largest absolute Gasteiger partial charge is 0.384 e. The van der Waals surface area contributed by atoms with E-state index < -0.39 is 5.60 Å². The van der Waals surface area contributed by atoms with Crippen LogP contribution in [0.1, 0.15) is 24.8 Å². The van der Waals surface area contributed by atoms with Crippen molar-refractivity contribution in [1.82, 2.24) is 5.32 Å². The minimum Gasteiger partial charge on any atom is -0.384 e. The van der Waals surface area contributed by atoms with Crippen LogP contribution in [0.5, 0.6) is 0 Å². The molecule has 19 heavy (non-hydrogen) atoms. The highest BCUT2D eigenvalue weighted by Crippen LogP contribution is 2.21. The maximum Gasteiger partial charge on any atom is 0.319 e. The summed E-state index contributed by atoms with van der Waals surface area (Å²) >= 11 is 0. The van der Waals surface area contributed by atoms with Crippen LogP contribution < -0.4 is 10.6 Å². The van der Waals surface area contributed by atoms with Gasteiger partial charge in [-0.1, -0.05) is 24.3 Å². The van der Waals surface area contributed by atoms with Crippen LogP contribution in [0.4, 0.5) is 10.5 Å². The summed E-state index contributed by atoms with van der Waals surface area (Å²) in [5, 5.41) is 15.7. The summed E-state index contributed by atoms with van der Waals surface area (Å²) in [7, 11) is 0. The summed E-state index contributed by atoms with van der Waals surface area (Å²) < 4.78 is 0. The van der Waals surface area contributed by atoms with Gasteiger partial charge in [-0.2, -0.15) is 0 Å². The summed E-state index contributed by atoms with van der Waals surface area (Å²) in [6.45, 7) is 2.21. The molecule has 0 fully saturated rings. The molecule has 102 valence electrons. The smallest absolute Gasteiger partial charge is 0.319 e. The molecule has 2 amide bonds. The number of allylic oxidation sites excluding steroid dienone is 1. The fraction of sp³-hybridized carbons (Fsp3) is 0.400. The number of benzene rings is 1. The Morgan fingerprint density at radius 3 is 3.00 bits per heavy atom. The van der Waals surface area contributed by atoms with Gasteiger partial charge >= 0.3 is 6.03 Å². The lowest BCUT2D eigenvalue weighted by Crippen LogP contribution is -2.43. The predicted molar refractivity (Wildman–Crippen MR) is 76.1 cm³/mol. The van der Waals surface area contributed by atoms with Crippen molar-refractivity contribution in [2.45, 2.75) is 31.8 Å². The first-order valence-electron chi connectivity index (χ1n) is 6.59. The number of hydrogen-bond donors (Lipinski definition) is 3. The van der Waals surface area contributed by atoms with Crippen LogP contribution in [0.2, 0.25) is 0 Å². The molecule has 1 aliphatic rings. The van der Waals surface area contributed by atoms with E-state index >= 15 is 0 Å². The molecule has 1 aliphatic carbocycles. The van der Waals surface area contributed by atoms with Crippen molar-refractivity contribution in [3.05, 3.63) is 42.0 Å². The van der Waals surface area contributed by atoms with Crippen molar-refractivity contribution in [2.75, 3.05) is 11.9 Å². The van der Waals surface area contributed by atoms with E-state index in [1.807, 2.05) is 37.3 Å². The Kier molecular flexibility index (Phi) is 4.22. The van der Waals surface area contributed by atoms with Crippen molar-refractivity contribution < 1.29 is 9.90 Å². The molecule has 0 saturated carbocycles. The predicted octanol–water partition coefficient (Wildman–Crippen LogP) is 2.59. The molecule has 1 aromatic carbocycles. The highest BCUT2D eigenvalue weighted by molar-refractivity contribution is 5.89. The molecule has 1 aromatic rings. The van der Waals surface area contributed by atoms with Crippen LogP contribution in [0.15, 0.2) is 36.4 Å². The Morgan fingerprint density at radius 2 is 2.32 bits per heavy atom. The summed E-state index contributed by atoms with van der Waals surface area (Å²) in [4.78, 5) is 11.8. The van der Waals surface area contributed by atoms with Gasteiger partial charge in [-0.3, -0.25) is 0 Å². The van der Waals surface area contributed by atoms with Crippen LogP contribution in [-0.2, 0) is 0 Å². The Morgan fingerprint density at radius 1 is 1.47 bits per heavy atom. The third-order valence-electron chi connectivity index (χ3n) is 3.24. The average Bonchev–Trinajstić information content (AvgIpc) is 2.38. The van der Waals surface area contributed by atoms with Gasteiger partial charge in [-0.25, -0.2) is 4.79 Å². The molecule has 0 bridgehead atoms. The first-order valence-corrected chi connectivity index (χ1v) is 6.59. The van der Waals surface area contributed by atoms with Gasteiger partial charge in [-0.15, -0.1) is 0 Å². The molecule has 0 aromatic heterocycles. The summed E-state index contributed by atoms with van der Waals surface area (Å²) in [6, 6.07) is 7.30. The fourth-order valence-corrected chi connectivity index (χ4v) is 2.19. The van der Waals surface area contributed by atoms with Crippen LogP contribution in [-0.4, -0.2) is 23.3 Å². The van der Waals surface area contributed by atoms with Gasteiger partial charge in [0.1, 0.15) is 5.60 Å². The third kappa shape index (κ3) is 4.10. The van der Waals surface area contributed by atoms with Crippen molar-refractivity contribution in [1.29, 1.82) is 0 Å². The van der Waals surface area contributed by atoms with E-state index in [9.17, 15) is 9.90 Å². The Bertz CT molecular complexity index is 485. The van der Waals surface area contributed by atoms with Gasteiger partial charge in [0.15, 0.2) is 0 Å². The molecule has 0 heterocycles. The van der Waals surface area contributed by atoms with Crippen molar-refractivity contribution >= 4 is 11.7 Å². The number of nitrogens with one attached hydrogen (secondary N) is 2. The lowest BCUT2D eigenvalue weighted by Gasteiger charge is -2.27. The zero-order chi connectivity index (χ0) is 13.7. The number of rotatable bonds is 3. The number of urea groups is 1. The number of amides is 2. The van der Waals surface area contributed by atoms with E-state index in [0.29, 0.717) is 6.42 Å². The number of carbonyl (C=O) groups excluding carboxylic acids is 1. The van der Waals surface area contributed by atoms with E-state index in [0.717, 1.165) is 24.1 Å². The van der Waals surface area contributed by atoms with Gasteiger partial charge in [0.25, 0.3) is 0 Å². The zero-order valence-corrected chi connectivity index (χ0v) is 11.1. The molecule has 3 N–H and O–H groups in total. The number of aryl methyl sites for hydroxylation is 1. The van der Waals surface area contributed by atoms with Crippen molar-refractivity contribution in [3.63, 3.8) is 0 Å². The lowest BCUT2D eigenvalue weighted by atomic mass is 9.91. The third-order valence-corrected chi connectivity index (χ3v) is 3.24. The molecule has 2 rings (SSSR count). The summed E-state index contributed by atoms with van der Waals surface area (Å²) in [6.07, 6.45) is 6.38. The minimum absolute atomic E-state index is 0.237. The molecular formula is C15H20N2O2. The second-order valence-electron chi connectivity index (χ2n) is 5.08. The normalized spacial score (nSPS) is 22.0. The first kappa shape index (κ1) is 13.6. The monoisotopic (exact) mass is 260 g/mol. The molecular weight excluding hydrogens is 240 g/mol. The molecule has 0 aliphatic heterocycles. The molecule has 0 spiro atoms. The zero-order valence-electron chi connectivity index (χ0n) is 11.1. The van der Waals surface area contributed by atoms with Gasteiger partial charge in [0.05, 0.1) is 6.54 Å². The minimum atomic E-state index is -0.901. The highest BCUT2D eigenvalue weighted by atomic mass is 16.3. The second kappa shape index (κ2) is 5.89. The van der Waals surface area contributed by atoms with E-state index in [-0.39, 0.29) is 12.6 Å². The maximum atomic E-state index is 11.8. The molecule has 4 nitrogen and oxygen atoms in total. The summed E-state index contributed by atoms with van der Waals surface area (Å²) in [5.74, 6) is 0. The lowest BCUT2D eigenvalue weighted by molar-refractivity contribution is 0.0768. The molecule has 4 heteroatoms. The number of aliphatic hydroxyl groups is 1. The van der Waals surface area contributed by atoms with E-state index in [1.165, 1.54) is 0 Å². The molecule has 0 saturated heterocycles. The van der Waals surface area contributed by atoms with Crippen molar-refractivity contribution in [2.24, 2.45) is 0 Å². The maximum absolute atomic E-state index is 11.8. The number of hydrogen-bond acceptors (Lipinski definition) is 2. The Balaban J connectivity index is 1.85. The van der Waals surface area contributed by atoms with Crippen LogP contribution in [0, 0.1) is 6.92 Å². The Labute approximate surface area is 113 Å². The van der Waals surface area contributed by atoms with E-state index in [4.69, 9.17) is 0 Å². The van der Waals surface area contributed by atoms with Crippen molar-refractivity contribution in [3.8, 4) is 0 Å². The van der Waals surface area contributed by atoms with Crippen LogP contribution >= 0.6 is 0 Å². The Hall–Kier alpha value is -1.81. The van der Waals surface area contributed by atoms with Gasteiger partial charge < -0.3 is 15.7 Å². The van der Waals surface area contributed by atoms with Gasteiger partial charge in [0.2, 0.25) is 0 Å². The quantitative estimate of drug-likeness (QED) is 0.731. The number of carbonyl (C=O) groups is 1.